The predicted molar refractivity (Wildman–Crippen MR) is 311 cm³/mol. The van der Waals surface area contributed by atoms with Crippen molar-refractivity contribution in [1.82, 2.24) is 19.6 Å². The lowest BCUT2D eigenvalue weighted by Gasteiger charge is -2.24. The van der Waals surface area contributed by atoms with E-state index in [4.69, 9.17) is 38.6 Å². The van der Waals surface area contributed by atoms with Crippen LogP contribution in [0.3, 0.4) is 0 Å². The van der Waals surface area contributed by atoms with Crippen LogP contribution in [0.2, 0.25) is 0 Å². The average molecular weight is 1220 g/mol. The van der Waals surface area contributed by atoms with Crippen molar-refractivity contribution >= 4 is 93.4 Å². The summed E-state index contributed by atoms with van der Waals surface area (Å²) in [6.45, 7) is 0.407. The molecule has 0 saturated carbocycles. The average Bonchev–Trinajstić information content (AvgIpc) is 4.09. The minimum Gasteiger partial charge on any atom is -0.480 e. The lowest BCUT2D eigenvalue weighted by molar-refractivity contribution is -0.143. The molecule has 2 N–H and O–H groups in total. The largest absolute Gasteiger partial charge is 0.480 e. The third kappa shape index (κ3) is 25.7. The monoisotopic (exact) mass is 1220 g/mol. The Kier molecular flexibility index (Phi) is 32.5. The fourth-order valence-corrected chi connectivity index (χ4v) is 9.31. The fraction of sp³-hybridized carbons (Fsp3) is 0.429. The van der Waals surface area contributed by atoms with Gasteiger partial charge in [0.25, 0.3) is 0 Å². The van der Waals surface area contributed by atoms with Crippen LogP contribution in [0.5, 0.6) is 0 Å². The highest BCUT2D eigenvalue weighted by molar-refractivity contribution is 7.98. The van der Waals surface area contributed by atoms with Crippen LogP contribution in [-0.2, 0) is 95.6 Å². The highest BCUT2D eigenvalue weighted by Crippen LogP contribution is 2.20. The number of esters is 2. The summed E-state index contributed by atoms with van der Waals surface area (Å²) in [7, 11) is 0.684. The van der Waals surface area contributed by atoms with Gasteiger partial charge in [-0.05, 0) is 72.0 Å². The second kappa shape index (κ2) is 38.5. The standard InChI is InChI=1S/C14H17NO5S.C14H19NO5S.C14H17NO4S.C14H19NO4S/c1-21(18)8-7-12-13(16)20-10-15(12)14(17)19-9-11-5-3-2-4-6-11;1-15(12(13(16)17)8-9-21(2)19)14(18)20-10-11-6-4-3-5-7-11;1-20-8-7-12-13(16)19-10-15(12)14(17)18-9-11-5-3-2-4-6-11;1-15(12(13(16)17)8-9-20-2)14(18)19-10-11-6-4-3-5-7-11/h2-6,12H,7-10H2,1H3;3-7,12H,8-10H2,1-2H3,(H,16,17);2-6,12H,7-10H2,1H3;3-7,12H,8-10H2,1-2H3,(H,16,17)/t2*12-,21?;2*12-/m0000/s1. The molecular weight excluding hydrogens is 1140 g/mol. The van der Waals surface area contributed by atoms with Gasteiger partial charge in [-0.15, -0.1) is 0 Å². The number of amides is 4. The minimum atomic E-state index is -1.14. The molecule has 82 heavy (non-hydrogen) atoms. The van der Waals surface area contributed by atoms with E-state index >= 15 is 0 Å². The number of nitrogens with zero attached hydrogens (tertiary/aromatic N) is 4. The van der Waals surface area contributed by atoms with Crippen molar-refractivity contribution in [2.45, 2.75) is 76.3 Å². The van der Waals surface area contributed by atoms with Gasteiger partial charge in [0.2, 0.25) is 0 Å². The van der Waals surface area contributed by atoms with E-state index in [1.807, 2.05) is 134 Å². The number of carbonyl (C=O) groups is 8. The summed E-state index contributed by atoms with van der Waals surface area (Å²) in [5.41, 5.74) is 3.46. The van der Waals surface area contributed by atoms with Crippen LogP contribution in [-0.4, -0.2) is 186 Å². The Morgan fingerprint density at radius 2 is 0.866 bits per heavy atom. The van der Waals surface area contributed by atoms with E-state index in [2.05, 4.69) is 0 Å². The molecule has 0 spiro atoms. The third-order valence-corrected chi connectivity index (χ3v) is 14.8. The first kappa shape index (κ1) is 69.1. The van der Waals surface area contributed by atoms with Crippen LogP contribution < -0.4 is 0 Å². The SMILES string of the molecule is CN(C(=O)OCc1ccccc1)[C@@H](CCS(C)=O)C(=O)O.CS(=O)CC[C@H]1C(=O)OCN1C(=O)OCc1ccccc1.CSCC[C@@H](C(=O)O)N(C)C(=O)OCc1ccccc1.CSCC[C@H]1C(=O)OCN1C(=O)OCc1ccccc1. The minimum absolute atomic E-state index is 0.0223. The smallest absolute Gasteiger partial charge is 0.413 e. The molecule has 6 rings (SSSR count). The molecule has 2 unspecified atom stereocenters. The van der Waals surface area contributed by atoms with Gasteiger partial charge in [0.1, 0.15) is 50.6 Å². The number of thioether (sulfide) groups is 2. The first-order valence-electron chi connectivity index (χ1n) is 25.5. The van der Waals surface area contributed by atoms with Crippen molar-refractivity contribution in [3.8, 4) is 0 Å². The van der Waals surface area contributed by atoms with Crippen molar-refractivity contribution in [2.24, 2.45) is 0 Å². The van der Waals surface area contributed by atoms with Gasteiger partial charge in [0.05, 0.1) is 0 Å². The predicted octanol–water partition coefficient (Wildman–Crippen LogP) is 7.48. The molecular formula is C56H72N4O18S4. The van der Waals surface area contributed by atoms with E-state index in [0.29, 0.717) is 30.8 Å². The molecule has 448 valence electrons. The number of rotatable bonds is 24. The van der Waals surface area contributed by atoms with Gasteiger partial charge in [-0.3, -0.25) is 28.0 Å². The number of hydrogen-bond acceptors (Lipinski definition) is 18. The van der Waals surface area contributed by atoms with Crippen LogP contribution in [0.4, 0.5) is 19.2 Å². The Morgan fingerprint density at radius 3 is 1.20 bits per heavy atom. The second-order valence-corrected chi connectivity index (χ2v) is 23.0. The summed E-state index contributed by atoms with van der Waals surface area (Å²) in [5.74, 6) is -0.962. The van der Waals surface area contributed by atoms with Crippen LogP contribution >= 0.6 is 23.5 Å². The molecule has 0 aliphatic carbocycles. The van der Waals surface area contributed by atoms with Crippen molar-refractivity contribution in [3.05, 3.63) is 144 Å². The molecule has 0 bridgehead atoms. The summed E-state index contributed by atoms with van der Waals surface area (Å²) < 4.78 is 52.6. The van der Waals surface area contributed by atoms with Crippen molar-refractivity contribution < 1.29 is 85.4 Å². The summed E-state index contributed by atoms with van der Waals surface area (Å²) in [6, 6.07) is 33.9. The van der Waals surface area contributed by atoms with Crippen LogP contribution in [0.1, 0.15) is 47.9 Å². The Morgan fingerprint density at radius 1 is 0.537 bits per heavy atom. The zero-order valence-electron chi connectivity index (χ0n) is 46.6. The molecule has 4 aromatic rings. The molecule has 4 amide bonds. The lowest BCUT2D eigenvalue weighted by Crippen LogP contribution is -2.43. The molecule has 0 aromatic heterocycles. The van der Waals surface area contributed by atoms with E-state index in [1.54, 1.807) is 29.8 Å². The van der Waals surface area contributed by atoms with Gasteiger partial charge in [0.15, 0.2) is 13.5 Å². The van der Waals surface area contributed by atoms with Gasteiger partial charge in [0, 0.05) is 59.7 Å². The van der Waals surface area contributed by atoms with Gasteiger partial charge in [-0.1, -0.05) is 121 Å². The first-order valence-corrected chi connectivity index (χ1v) is 31.7. The summed E-state index contributed by atoms with van der Waals surface area (Å²) >= 11 is 3.17. The van der Waals surface area contributed by atoms with Crippen LogP contribution in [0.25, 0.3) is 0 Å². The van der Waals surface area contributed by atoms with Crippen LogP contribution in [0, 0.1) is 0 Å². The highest BCUT2D eigenvalue weighted by atomic mass is 32.2. The molecule has 22 nitrogen and oxygen atoms in total. The Hall–Kier alpha value is -7.16. The van der Waals surface area contributed by atoms with Gasteiger partial charge >= 0.3 is 48.3 Å². The number of carboxylic acids is 2. The molecule has 26 heteroatoms. The molecule has 2 aliphatic rings. The molecule has 0 radical (unpaired) electrons. The van der Waals surface area contributed by atoms with E-state index in [1.165, 1.54) is 30.2 Å². The topological polar surface area (TPSA) is 279 Å². The molecule has 2 heterocycles. The van der Waals surface area contributed by atoms with E-state index in [-0.39, 0.29) is 58.0 Å². The van der Waals surface area contributed by atoms with Crippen molar-refractivity contribution in [1.29, 1.82) is 0 Å². The lowest BCUT2D eigenvalue weighted by atomic mass is 10.2. The number of hydrogen-bond donors (Lipinski definition) is 2. The van der Waals surface area contributed by atoms with Crippen molar-refractivity contribution in [2.75, 3.05) is 75.6 Å². The number of benzene rings is 4. The summed E-state index contributed by atoms with van der Waals surface area (Å²) in [5, 5.41) is 18.3. The van der Waals surface area contributed by atoms with E-state index in [9.17, 15) is 46.8 Å². The van der Waals surface area contributed by atoms with Crippen LogP contribution in [0.15, 0.2) is 121 Å². The number of carbonyl (C=O) groups excluding carboxylic acids is 6. The molecule has 2 aliphatic heterocycles. The number of ether oxygens (including phenoxy) is 6. The van der Waals surface area contributed by atoms with Gasteiger partial charge in [-0.2, -0.15) is 23.5 Å². The highest BCUT2D eigenvalue weighted by Gasteiger charge is 2.40. The van der Waals surface area contributed by atoms with E-state index < -0.39 is 88.0 Å². The zero-order chi connectivity index (χ0) is 60.4. The second-order valence-electron chi connectivity index (χ2n) is 17.9. The number of cyclic esters (lactones) is 2. The zero-order valence-corrected chi connectivity index (χ0v) is 49.9. The third-order valence-electron chi connectivity index (χ3n) is 11.9. The summed E-state index contributed by atoms with van der Waals surface area (Å²) in [4.78, 5) is 98.0. The number of likely N-dealkylation sites (N-methyl/N-ethyl adjacent to an activating group) is 2. The van der Waals surface area contributed by atoms with Gasteiger partial charge < -0.3 is 38.6 Å². The van der Waals surface area contributed by atoms with Crippen molar-refractivity contribution in [3.63, 3.8) is 0 Å². The Balaban J connectivity index is 0.000000287. The quantitative estimate of drug-likeness (QED) is 0.0508. The van der Waals surface area contributed by atoms with E-state index in [0.717, 1.165) is 37.8 Å². The first-order chi connectivity index (χ1) is 39.3. The number of aliphatic carboxylic acids is 2. The Labute approximate surface area is 491 Å². The molecule has 2 saturated heterocycles. The summed E-state index contributed by atoms with van der Waals surface area (Å²) in [6.07, 6.45) is 5.86. The fourth-order valence-electron chi connectivity index (χ4n) is 7.28. The maximum absolute atomic E-state index is 12.0. The number of carboxylic acid groups (broad SMARTS) is 2. The van der Waals surface area contributed by atoms with Gasteiger partial charge in [-0.25, -0.2) is 38.4 Å². The Bertz CT molecular complexity index is 2640. The molecule has 6 atom stereocenters. The molecule has 4 aromatic carbocycles. The maximum atomic E-state index is 12.0. The molecule has 2 fully saturated rings. The maximum Gasteiger partial charge on any atom is 0.413 e. The normalized spacial score (nSPS) is 15.5.